The number of carbonyl (C=O) groups is 2. The van der Waals surface area contributed by atoms with Crippen LogP contribution in [0, 0.1) is 11.7 Å². The number of hydrogen-bond acceptors (Lipinski definition) is 3. The van der Waals surface area contributed by atoms with E-state index < -0.39 is 17.7 Å². The number of carboxylic acid groups (broad SMARTS) is 1. The van der Waals surface area contributed by atoms with Gasteiger partial charge in [0.05, 0.1) is 13.0 Å². The van der Waals surface area contributed by atoms with Crippen LogP contribution in [-0.2, 0) is 9.59 Å². The van der Waals surface area contributed by atoms with Crippen molar-refractivity contribution in [3.8, 4) is 5.75 Å². The van der Waals surface area contributed by atoms with Crippen molar-refractivity contribution in [2.45, 2.75) is 12.8 Å². The Hall–Kier alpha value is -2.11. The van der Waals surface area contributed by atoms with Crippen molar-refractivity contribution < 1.29 is 23.8 Å². The van der Waals surface area contributed by atoms with Gasteiger partial charge in [-0.05, 0) is 18.6 Å². The van der Waals surface area contributed by atoms with Gasteiger partial charge < -0.3 is 14.7 Å². The van der Waals surface area contributed by atoms with Gasteiger partial charge in [0.2, 0.25) is 5.91 Å². The van der Waals surface area contributed by atoms with Gasteiger partial charge in [-0.1, -0.05) is 0 Å². The normalized spacial score (nSPS) is 19.4. The van der Waals surface area contributed by atoms with E-state index in [1.165, 1.54) is 24.1 Å². The van der Waals surface area contributed by atoms with Crippen LogP contribution in [0.1, 0.15) is 12.8 Å². The molecule has 1 heterocycles. The molecule has 0 spiro atoms. The van der Waals surface area contributed by atoms with E-state index in [0.29, 0.717) is 12.1 Å². The van der Waals surface area contributed by atoms with Crippen molar-refractivity contribution in [1.29, 1.82) is 0 Å². The van der Waals surface area contributed by atoms with Crippen LogP contribution in [0.25, 0.3) is 0 Å². The summed E-state index contributed by atoms with van der Waals surface area (Å²) in [7, 11) is 1.35. The molecule has 1 unspecified atom stereocenters. The highest BCUT2D eigenvalue weighted by atomic mass is 19.1. The van der Waals surface area contributed by atoms with Gasteiger partial charge in [0.1, 0.15) is 0 Å². The highest BCUT2D eigenvalue weighted by Crippen LogP contribution is 2.28. The summed E-state index contributed by atoms with van der Waals surface area (Å²) in [5.74, 6) is -2.23. The first-order chi connectivity index (χ1) is 9.02. The minimum absolute atomic E-state index is 0.0694. The second kappa shape index (κ2) is 5.26. The summed E-state index contributed by atoms with van der Waals surface area (Å²) in [6, 6.07) is 4.15. The molecule has 1 atom stereocenters. The van der Waals surface area contributed by atoms with Gasteiger partial charge >= 0.3 is 5.97 Å². The van der Waals surface area contributed by atoms with E-state index in [4.69, 9.17) is 9.84 Å². The third-order valence-corrected chi connectivity index (χ3v) is 3.21. The van der Waals surface area contributed by atoms with Gasteiger partial charge in [-0.3, -0.25) is 9.59 Å². The van der Waals surface area contributed by atoms with E-state index in [1.807, 2.05) is 0 Å². The summed E-state index contributed by atoms with van der Waals surface area (Å²) < 4.78 is 18.4. The zero-order chi connectivity index (χ0) is 14.0. The first kappa shape index (κ1) is 13.3. The van der Waals surface area contributed by atoms with E-state index in [9.17, 15) is 14.0 Å². The van der Waals surface area contributed by atoms with Gasteiger partial charge in [0.25, 0.3) is 0 Å². The van der Waals surface area contributed by atoms with E-state index in [0.717, 1.165) is 0 Å². The standard InChI is InChI=1S/C13H14FNO4/c1-19-11-4-3-9(6-10(11)14)15-7-8(13(17)18)2-5-12(15)16/h3-4,6,8H,2,5,7H2,1H3,(H,17,18). The Morgan fingerprint density at radius 2 is 2.26 bits per heavy atom. The molecule has 1 aromatic rings. The van der Waals surface area contributed by atoms with Gasteiger partial charge in [-0.2, -0.15) is 0 Å². The molecule has 0 radical (unpaired) electrons. The summed E-state index contributed by atoms with van der Waals surface area (Å²) in [4.78, 5) is 24.1. The predicted molar refractivity (Wildman–Crippen MR) is 65.7 cm³/mol. The number of rotatable bonds is 3. The number of anilines is 1. The number of benzene rings is 1. The molecular formula is C13H14FNO4. The molecule has 0 aliphatic carbocycles. The number of aliphatic carboxylic acids is 1. The Morgan fingerprint density at radius 3 is 2.84 bits per heavy atom. The third kappa shape index (κ3) is 2.67. The summed E-state index contributed by atoms with van der Waals surface area (Å²) in [6.45, 7) is 0.0694. The Labute approximate surface area is 109 Å². The number of nitrogens with zero attached hydrogens (tertiary/aromatic N) is 1. The van der Waals surface area contributed by atoms with Gasteiger partial charge in [0.15, 0.2) is 11.6 Å². The summed E-state index contributed by atoms with van der Waals surface area (Å²) >= 11 is 0. The maximum atomic E-state index is 13.6. The Kier molecular flexibility index (Phi) is 3.69. The Morgan fingerprint density at radius 1 is 1.53 bits per heavy atom. The Balaban J connectivity index is 2.26. The minimum atomic E-state index is -0.938. The highest BCUT2D eigenvalue weighted by molar-refractivity contribution is 5.95. The summed E-state index contributed by atoms with van der Waals surface area (Å²) in [5, 5.41) is 8.99. The van der Waals surface area contributed by atoms with Crippen LogP contribution < -0.4 is 9.64 Å². The molecule has 102 valence electrons. The molecule has 1 amide bonds. The quantitative estimate of drug-likeness (QED) is 0.904. The first-order valence-electron chi connectivity index (χ1n) is 5.89. The molecule has 1 fully saturated rings. The van der Waals surface area contributed by atoms with Crippen molar-refractivity contribution in [2.24, 2.45) is 5.92 Å². The fourth-order valence-corrected chi connectivity index (χ4v) is 2.12. The fourth-order valence-electron chi connectivity index (χ4n) is 2.12. The van der Waals surface area contributed by atoms with Crippen molar-refractivity contribution in [3.05, 3.63) is 24.0 Å². The lowest BCUT2D eigenvalue weighted by molar-refractivity contribution is -0.142. The van der Waals surface area contributed by atoms with Gasteiger partial charge in [0, 0.05) is 24.7 Å². The number of carboxylic acids is 1. The topological polar surface area (TPSA) is 66.8 Å². The second-order valence-electron chi connectivity index (χ2n) is 4.40. The van der Waals surface area contributed by atoms with Crippen LogP contribution in [0.3, 0.4) is 0 Å². The number of halogens is 1. The average Bonchev–Trinajstić information content (AvgIpc) is 2.38. The lowest BCUT2D eigenvalue weighted by Crippen LogP contribution is -2.42. The maximum absolute atomic E-state index is 13.6. The lowest BCUT2D eigenvalue weighted by Gasteiger charge is -2.30. The zero-order valence-electron chi connectivity index (χ0n) is 10.4. The zero-order valence-corrected chi connectivity index (χ0v) is 10.4. The van der Waals surface area contributed by atoms with E-state index >= 15 is 0 Å². The molecule has 19 heavy (non-hydrogen) atoms. The largest absolute Gasteiger partial charge is 0.494 e. The number of hydrogen-bond donors (Lipinski definition) is 1. The fraction of sp³-hybridized carbons (Fsp3) is 0.385. The number of carbonyl (C=O) groups excluding carboxylic acids is 1. The molecule has 1 aliphatic heterocycles. The Bertz CT molecular complexity index is 517. The highest BCUT2D eigenvalue weighted by Gasteiger charge is 2.31. The van der Waals surface area contributed by atoms with Gasteiger partial charge in [-0.15, -0.1) is 0 Å². The van der Waals surface area contributed by atoms with Crippen LogP contribution in [-0.4, -0.2) is 30.6 Å². The monoisotopic (exact) mass is 267 g/mol. The van der Waals surface area contributed by atoms with Crippen LogP contribution in [0.15, 0.2) is 18.2 Å². The molecule has 1 aliphatic rings. The molecule has 0 aromatic heterocycles. The number of methoxy groups -OCH3 is 1. The second-order valence-corrected chi connectivity index (χ2v) is 4.40. The molecule has 1 N–H and O–H groups in total. The predicted octanol–water partition coefficient (Wildman–Crippen LogP) is 1.66. The van der Waals surface area contributed by atoms with Crippen LogP contribution in [0.4, 0.5) is 10.1 Å². The van der Waals surface area contributed by atoms with Crippen LogP contribution >= 0.6 is 0 Å². The molecule has 2 rings (SSSR count). The number of ether oxygens (including phenoxy) is 1. The van der Waals surface area contributed by atoms with E-state index in [-0.39, 0.29) is 24.6 Å². The van der Waals surface area contributed by atoms with E-state index in [2.05, 4.69) is 0 Å². The number of amides is 1. The molecule has 5 nitrogen and oxygen atoms in total. The van der Waals surface area contributed by atoms with Crippen molar-refractivity contribution >= 4 is 17.6 Å². The van der Waals surface area contributed by atoms with Crippen molar-refractivity contribution in [1.82, 2.24) is 0 Å². The maximum Gasteiger partial charge on any atom is 0.308 e. The summed E-state index contributed by atoms with van der Waals surface area (Å²) in [6.07, 6.45) is 0.480. The molecule has 0 bridgehead atoms. The van der Waals surface area contributed by atoms with Crippen LogP contribution in [0.2, 0.25) is 0 Å². The molecule has 1 saturated heterocycles. The SMILES string of the molecule is COc1ccc(N2CC(C(=O)O)CCC2=O)cc1F. The number of piperidine rings is 1. The molecular weight excluding hydrogens is 253 g/mol. The molecule has 1 aromatic carbocycles. The third-order valence-electron chi connectivity index (χ3n) is 3.21. The minimum Gasteiger partial charge on any atom is -0.494 e. The van der Waals surface area contributed by atoms with Gasteiger partial charge in [-0.25, -0.2) is 4.39 Å². The molecule has 0 saturated carbocycles. The summed E-state index contributed by atoms with van der Waals surface area (Å²) in [5.41, 5.74) is 0.356. The van der Waals surface area contributed by atoms with Crippen molar-refractivity contribution in [3.63, 3.8) is 0 Å². The molecule has 6 heteroatoms. The van der Waals surface area contributed by atoms with Crippen LogP contribution in [0.5, 0.6) is 5.75 Å². The first-order valence-corrected chi connectivity index (χ1v) is 5.89. The van der Waals surface area contributed by atoms with E-state index in [1.54, 1.807) is 6.07 Å². The smallest absolute Gasteiger partial charge is 0.308 e. The lowest BCUT2D eigenvalue weighted by atomic mass is 9.97. The van der Waals surface area contributed by atoms with Crippen molar-refractivity contribution in [2.75, 3.05) is 18.6 Å². The average molecular weight is 267 g/mol.